The number of aliphatic imine (C=N–C) groups is 1. The van der Waals surface area contributed by atoms with Gasteiger partial charge in [0.1, 0.15) is 4.90 Å². The first kappa shape index (κ1) is 27.5. The highest BCUT2D eigenvalue weighted by atomic mass is 127. The fourth-order valence-corrected chi connectivity index (χ4v) is 7.39. The van der Waals surface area contributed by atoms with Crippen molar-refractivity contribution in [1.29, 1.82) is 0 Å². The molecular weight excluding hydrogens is 647 g/mol. The summed E-state index contributed by atoms with van der Waals surface area (Å²) in [4.78, 5) is 4.75. The van der Waals surface area contributed by atoms with Gasteiger partial charge in [-0.3, -0.25) is 4.99 Å². The molecule has 0 bridgehead atoms. The largest absolute Gasteiger partial charge is 0.493 e. The SMILES string of the molecule is COc1cc(C=Nc2ccc([C@@H]3Nc4ccccc4[C@@H]4C=CC[C@@H]43)cc2)cc(I)c1OS(=O)(=O)c1ccc(C)cc1. The number of aryl methyl sites for hydroxylation is 1. The highest BCUT2D eigenvalue weighted by Gasteiger charge is 2.37. The van der Waals surface area contributed by atoms with Crippen LogP contribution in [-0.2, 0) is 10.1 Å². The molecule has 1 aliphatic carbocycles. The molecule has 1 heterocycles. The van der Waals surface area contributed by atoms with Gasteiger partial charge in [0.15, 0.2) is 11.5 Å². The first-order valence-corrected chi connectivity index (χ1v) is 15.9. The molecule has 0 amide bonds. The Bertz CT molecular complexity index is 1750. The number of hydrogen-bond acceptors (Lipinski definition) is 6. The number of benzene rings is 4. The third-order valence-corrected chi connectivity index (χ3v) is 9.68. The van der Waals surface area contributed by atoms with Crippen molar-refractivity contribution in [3.8, 4) is 11.5 Å². The van der Waals surface area contributed by atoms with E-state index in [0.717, 1.165) is 23.2 Å². The van der Waals surface area contributed by atoms with Crippen molar-refractivity contribution in [3.05, 3.63) is 123 Å². The van der Waals surface area contributed by atoms with Crippen LogP contribution in [0, 0.1) is 16.4 Å². The summed E-state index contributed by atoms with van der Waals surface area (Å²) in [5.74, 6) is 1.39. The van der Waals surface area contributed by atoms with Crippen LogP contribution in [0.25, 0.3) is 0 Å². The molecule has 0 radical (unpaired) electrons. The molecule has 4 aromatic rings. The van der Waals surface area contributed by atoms with Crippen LogP contribution in [0.5, 0.6) is 11.5 Å². The highest BCUT2D eigenvalue weighted by Crippen LogP contribution is 2.49. The van der Waals surface area contributed by atoms with Crippen molar-refractivity contribution in [3.63, 3.8) is 0 Å². The topological polar surface area (TPSA) is 77.0 Å². The normalized spacial score (nSPS) is 19.4. The molecule has 0 spiro atoms. The number of halogens is 1. The Labute approximate surface area is 254 Å². The van der Waals surface area contributed by atoms with Crippen molar-refractivity contribution >= 4 is 50.3 Å². The molecule has 4 aromatic carbocycles. The Balaban J connectivity index is 1.20. The Kier molecular flexibility index (Phi) is 7.61. The van der Waals surface area contributed by atoms with E-state index in [1.807, 2.05) is 25.1 Å². The summed E-state index contributed by atoms with van der Waals surface area (Å²) in [5, 5.41) is 3.77. The predicted octanol–water partition coefficient (Wildman–Crippen LogP) is 7.95. The van der Waals surface area contributed by atoms with Crippen LogP contribution in [0.3, 0.4) is 0 Å². The van der Waals surface area contributed by atoms with E-state index in [1.165, 1.54) is 36.1 Å². The summed E-state index contributed by atoms with van der Waals surface area (Å²) in [6, 6.07) is 27.2. The Morgan fingerprint density at radius 1 is 1.00 bits per heavy atom. The molecule has 0 aromatic heterocycles. The lowest BCUT2D eigenvalue weighted by atomic mass is 9.77. The van der Waals surface area contributed by atoms with Gasteiger partial charge in [-0.1, -0.05) is 60.2 Å². The quantitative estimate of drug-likeness (QED) is 0.0931. The standard InChI is InChI=1S/C33H29IN2O4S/c1-21-10-16-25(17-11-21)41(37,38)40-33-29(34)18-22(19-31(33)39-2)20-35-24-14-12-23(13-15-24)32-28-8-5-7-26(28)27-6-3-4-9-30(27)36-32/h3-7,9-20,26,28,32,36H,8H2,1-2H3/t26-,28-,32-/m0/s1. The van der Waals surface area contributed by atoms with Gasteiger partial charge in [-0.05, 0) is 101 Å². The average Bonchev–Trinajstić information content (AvgIpc) is 3.48. The molecule has 0 saturated carbocycles. The van der Waals surface area contributed by atoms with Crippen LogP contribution < -0.4 is 14.2 Å². The van der Waals surface area contributed by atoms with Gasteiger partial charge in [0.05, 0.1) is 22.4 Å². The Morgan fingerprint density at radius 3 is 2.51 bits per heavy atom. The molecule has 6 rings (SSSR count). The van der Waals surface area contributed by atoms with Gasteiger partial charge in [0.25, 0.3) is 0 Å². The van der Waals surface area contributed by atoms with Crippen molar-refractivity contribution in [1.82, 2.24) is 0 Å². The maximum atomic E-state index is 12.9. The Hall–Kier alpha value is -3.63. The molecule has 0 saturated heterocycles. The summed E-state index contributed by atoms with van der Waals surface area (Å²) in [5.41, 5.74) is 6.37. The van der Waals surface area contributed by atoms with Gasteiger partial charge in [-0.15, -0.1) is 0 Å². The van der Waals surface area contributed by atoms with E-state index in [9.17, 15) is 8.42 Å². The summed E-state index contributed by atoms with van der Waals surface area (Å²) in [6.45, 7) is 1.90. The van der Waals surface area contributed by atoms with Crippen molar-refractivity contribution in [2.45, 2.75) is 30.2 Å². The van der Waals surface area contributed by atoms with E-state index in [-0.39, 0.29) is 16.7 Å². The molecular formula is C33H29IN2O4S. The van der Waals surface area contributed by atoms with Gasteiger partial charge < -0.3 is 14.2 Å². The van der Waals surface area contributed by atoms with Crippen LogP contribution in [-0.4, -0.2) is 21.7 Å². The number of para-hydroxylation sites is 1. The lowest BCUT2D eigenvalue weighted by Gasteiger charge is -2.37. The third-order valence-electron chi connectivity index (χ3n) is 7.64. The number of anilines is 1. The zero-order valence-corrected chi connectivity index (χ0v) is 25.6. The summed E-state index contributed by atoms with van der Waals surface area (Å²) in [7, 11) is -2.53. The van der Waals surface area contributed by atoms with Crippen molar-refractivity contribution in [2.75, 3.05) is 12.4 Å². The number of hydrogen-bond donors (Lipinski definition) is 1. The van der Waals surface area contributed by atoms with Crippen LogP contribution >= 0.6 is 22.6 Å². The fourth-order valence-electron chi connectivity index (χ4n) is 5.55. The molecule has 1 aliphatic heterocycles. The van der Waals surface area contributed by atoms with E-state index in [1.54, 1.807) is 24.4 Å². The van der Waals surface area contributed by atoms with Crippen LogP contribution in [0.4, 0.5) is 11.4 Å². The predicted molar refractivity (Wildman–Crippen MR) is 171 cm³/mol. The minimum Gasteiger partial charge on any atom is -0.493 e. The zero-order valence-electron chi connectivity index (χ0n) is 22.6. The molecule has 2 aliphatic rings. The van der Waals surface area contributed by atoms with Gasteiger partial charge in [0.2, 0.25) is 0 Å². The molecule has 208 valence electrons. The third kappa shape index (κ3) is 5.63. The molecule has 41 heavy (non-hydrogen) atoms. The maximum absolute atomic E-state index is 12.9. The highest BCUT2D eigenvalue weighted by molar-refractivity contribution is 14.1. The summed E-state index contributed by atoms with van der Waals surface area (Å²) in [6.07, 6.45) is 7.45. The molecule has 0 fully saturated rings. The number of ether oxygens (including phenoxy) is 1. The average molecular weight is 677 g/mol. The number of nitrogens with zero attached hydrogens (tertiary/aromatic N) is 1. The minimum atomic E-state index is -4.02. The first-order valence-electron chi connectivity index (χ1n) is 13.4. The molecule has 8 heteroatoms. The monoisotopic (exact) mass is 676 g/mol. The van der Waals surface area contributed by atoms with Crippen LogP contribution in [0.2, 0.25) is 0 Å². The number of rotatable bonds is 7. The fraction of sp³-hybridized carbons (Fsp3) is 0.182. The van der Waals surface area contributed by atoms with Crippen LogP contribution in [0.1, 0.15) is 40.6 Å². The molecule has 6 nitrogen and oxygen atoms in total. The lowest BCUT2D eigenvalue weighted by molar-refractivity contribution is 0.389. The van der Waals surface area contributed by atoms with Gasteiger partial charge >= 0.3 is 10.1 Å². The number of methoxy groups -OCH3 is 1. The van der Waals surface area contributed by atoms with Gasteiger partial charge in [-0.2, -0.15) is 8.42 Å². The van der Waals surface area contributed by atoms with Gasteiger partial charge in [-0.25, -0.2) is 0 Å². The van der Waals surface area contributed by atoms with E-state index < -0.39 is 10.1 Å². The van der Waals surface area contributed by atoms with Gasteiger partial charge in [0, 0.05) is 17.8 Å². The number of nitrogens with one attached hydrogen (secondary N) is 1. The molecule has 0 unspecified atom stereocenters. The van der Waals surface area contributed by atoms with E-state index in [2.05, 4.69) is 81.5 Å². The first-order chi connectivity index (χ1) is 19.8. The van der Waals surface area contributed by atoms with E-state index in [4.69, 9.17) is 8.92 Å². The number of allylic oxidation sites excluding steroid dienone is 2. The van der Waals surface area contributed by atoms with Crippen molar-refractivity contribution < 1.29 is 17.3 Å². The molecule has 1 N–H and O–H groups in total. The van der Waals surface area contributed by atoms with E-state index >= 15 is 0 Å². The summed E-state index contributed by atoms with van der Waals surface area (Å²) >= 11 is 2.05. The molecule has 3 atom stereocenters. The lowest BCUT2D eigenvalue weighted by Crippen LogP contribution is -2.28. The van der Waals surface area contributed by atoms with E-state index in [0.29, 0.717) is 21.2 Å². The zero-order chi connectivity index (χ0) is 28.6. The second-order valence-electron chi connectivity index (χ2n) is 10.3. The maximum Gasteiger partial charge on any atom is 0.339 e. The van der Waals surface area contributed by atoms with Crippen LogP contribution in [0.15, 0.2) is 107 Å². The Morgan fingerprint density at radius 2 is 1.76 bits per heavy atom. The minimum absolute atomic E-state index is 0.0855. The summed E-state index contributed by atoms with van der Waals surface area (Å²) < 4.78 is 37.3. The van der Waals surface area contributed by atoms with Crippen molar-refractivity contribution in [2.24, 2.45) is 10.9 Å². The smallest absolute Gasteiger partial charge is 0.339 e. The second kappa shape index (κ2) is 11.3. The number of fused-ring (bicyclic) bond motifs is 3. The second-order valence-corrected chi connectivity index (χ2v) is 13.0.